The Balaban J connectivity index is 1.67. The summed E-state index contributed by atoms with van der Waals surface area (Å²) in [7, 11) is 1.30. The lowest BCUT2D eigenvalue weighted by Crippen LogP contribution is -2.31. The van der Waals surface area contributed by atoms with Gasteiger partial charge in [-0.3, -0.25) is 9.59 Å². The molecule has 0 saturated carbocycles. The summed E-state index contributed by atoms with van der Waals surface area (Å²) >= 11 is 0. The predicted molar refractivity (Wildman–Crippen MR) is 134 cm³/mol. The number of rotatable bonds is 9. The molecule has 2 aromatic carbocycles. The molecule has 0 bridgehead atoms. The monoisotopic (exact) mass is 476 g/mol. The van der Waals surface area contributed by atoms with Gasteiger partial charge in [0.15, 0.2) is 6.61 Å². The third-order valence-electron chi connectivity index (χ3n) is 5.69. The number of hydrogen-bond acceptors (Lipinski definition) is 5. The van der Waals surface area contributed by atoms with Crippen LogP contribution in [0.1, 0.15) is 44.9 Å². The zero-order valence-electron chi connectivity index (χ0n) is 20.8. The molecule has 1 aliphatic rings. The second-order valence-electron chi connectivity index (χ2n) is 8.88. The molecule has 2 aromatic rings. The van der Waals surface area contributed by atoms with E-state index in [0.717, 1.165) is 11.1 Å². The molecule has 1 N–H and O–H groups in total. The summed E-state index contributed by atoms with van der Waals surface area (Å²) in [5.74, 6) is -0.215. The molecule has 0 spiro atoms. The molecule has 0 aliphatic carbocycles. The summed E-state index contributed by atoms with van der Waals surface area (Å²) in [6.45, 7) is 8.10. The van der Waals surface area contributed by atoms with Crippen LogP contribution in [0, 0.1) is 5.92 Å². The lowest BCUT2D eigenvalue weighted by molar-refractivity contribution is -0.136. The van der Waals surface area contributed by atoms with Crippen LogP contribution >= 0.6 is 0 Å². The summed E-state index contributed by atoms with van der Waals surface area (Å²) in [5, 5.41) is 2.91. The van der Waals surface area contributed by atoms with E-state index in [1.54, 1.807) is 42.2 Å². The largest absolute Gasteiger partial charge is 0.484 e. The molecule has 35 heavy (non-hydrogen) atoms. The Morgan fingerprint density at radius 2 is 1.69 bits per heavy atom. The normalized spacial score (nSPS) is 15.5. The van der Waals surface area contributed by atoms with E-state index in [0.29, 0.717) is 23.6 Å². The zero-order chi connectivity index (χ0) is 25.5. The highest BCUT2D eigenvalue weighted by molar-refractivity contribution is 6.16. The molecular formula is C28H32N2O5. The van der Waals surface area contributed by atoms with Crippen LogP contribution in [0.2, 0.25) is 0 Å². The fraction of sp³-hybridized carbons (Fsp3) is 0.321. The van der Waals surface area contributed by atoms with Gasteiger partial charge in [0.1, 0.15) is 5.75 Å². The van der Waals surface area contributed by atoms with Crippen LogP contribution < -0.4 is 10.1 Å². The van der Waals surface area contributed by atoms with Gasteiger partial charge in [-0.2, -0.15) is 0 Å². The van der Waals surface area contributed by atoms with Crippen molar-refractivity contribution < 1.29 is 23.9 Å². The summed E-state index contributed by atoms with van der Waals surface area (Å²) < 4.78 is 10.5. The molecule has 0 saturated heterocycles. The van der Waals surface area contributed by atoms with E-state index >= 15 is 0 Å². The van der Waals surface area contributed by atoms with Gasteiger partial charge in [-0.25, -0.2) is 4.79 Å². The highest BCUT2D eigenvalue weighted by Crippen LogP contribution is 2.32. The van der Waals surface area contributed by atoms with Gasteiger partial charge in [0.25, 0.3) is 11.8 Å². The average Bonchev–Trinajstić information content (AvgIpc) is 3.07. The number of carbonyl (C=O) groups excluding carboxylic acids is 3. The zero-order valence-corrected chi connectivity index (χ0v) is 20.8. The van der Waals surface area contributed by atoms with Gasteiger partial charge in [0.2, 0.25) is 0 Å². The smallest absolute Gasteiger partial charge is 0.340 e. The number of nitrogens with zero attached hydrogens (tertiary/aromatic N) is 1. The van der Waals surface area contributed by atoms with E-state index in [-0.39, 0.29) is 36.0 Å². The van der Waals surface area contributed by atoms with Crippen molar-refractivity contribution in [2.24, 2.45) is 5.92 Å². The minimum Gasteiger partial charge on any atom is -0.484 e. The van der Waals surface area contributed by atoms with Crippen molar-refractivity contribution in [3.8, 4) is 5.75 Å². The average molecular weight is 477 g/mol. The predicted octanol–water partition coefficient (Wildman–Crippen LogP) is 4.27. The van der Waals surface area contributed by atoms with Crippen LogP contribution in [0.4, 0.5) is 0 Å². The minimum atomic E-state index is -0.538. The summed E-state index contributed by atoms with van der Waals surface area (Å²) in [6.07, 6.45) is 1.68. The van der Waals surface area contributed by atoms with Crippen LogP contribution in [0.25, 0.3) is 6.08 Å². The first-order valence-corrected chi connectivity index (χ1v) is 11.6. The fourth-order valence-electron chi connectivity index (χ4n) is 3.90. The highest BCUT2D eigenvalue weighted by Gasteiger charge is 2.37. The highest BCUT2D eigenvalue weighted by atomic mass is 16.5. The first kappa shape index (κ1) is 25.7. The second kappa shape index (κ2) is 11.5. The molecule has 1 atom stereocenters. The number of nitrogens with one attached hydrogen (secondary N) is 1. The van der Waals surface area contributed by atoms with Crippen LogP contribution in [0.5, 0.6) is 5.75 Å². The Kier molecular flexibility index (Phi) is 8.47. The fourth-order valence-corrected chi connectivity index (χ4v) is 3.90. The van der Waals surface area contributed by atoms with Crippen molar-refractivity contribution in [2.75, 3.05) is 20.3 Å². The number of amides is 2. The first-order chi connectivity index (χ1) is 16.7. The third-order valence-corrected chi connectivity index (χ3v) is 5.69. The van der Waals surface area contributed by atoms with Crippen molar-refractivity contribution in [2.45, 2.75) is 33.7 Å². The first-order valence-electron chi connectivity index (χ1n) is 11.6. The van der Waals surface area contributed by atoms with Gasteiger partial charge in [0.05, 0.1) is 24.3 Å². The quantitative estimate of drug-likeness (QED) is 0.432. The Hall–Kier alpha value is -3.87. The molecule has 3 rings (SSSR count). The number of hydrogen-bond donors (Lipinski definition) is 1. The summed E-state index contributed by atoms with van der Waals surface area (Å²) in [4.78, 5) is 39.4. The van der Waals surface area contributed by atoms with E-state index in [2.05, 4.69) is 5.32 Å². The summed E-state index contributed by atoms with van der Waals surface area (Å²) in [5.41, 5.74) is 2.92. The van der Waals surface area contributed by atoms with Crippen molar-refractivity contribution in [3.05, 3.63) is 82.6 Å². The number of carbonyl (C=O) groups is 3. The third kappa shape index (κ3) is 6.38. The van der Waals surface area contributed by atoms with Crippen LogP contribution in [-0.4, -0.2) is 42.9 Å². The molecule has 0 radical (unpaired) electrons. The van der Waals surface area contributed by atoms with Gasteiger partial charge in [-0.15, -0.1) is 0 Å². The maximum atomic E-state index is 13.1. The molecule has 0 unspecified atom stereocenters. The topological polar surface area (TPSA) is 84.9 Å². The molecule has 0 fully saturated rings. The van der Waals surface area contributed by atoms with Crippen LogP contribution in [-0.2, 0) is 19.1 Å². The Morgan fingerprint density at radius 3 is 2.29 bits per heavy atom. The molecule has 0 aromatic heterocycles. The van der Waals surface area contributed by atoms with Crippen LogP contribution in [0.15, 0.2) is 71.4 Å². The Morgan fingerprint density at radius 1 is 1.03 bits per heavy atom. The van der Waals surface area contributed by atoms with Crippen molar-refractivity contribution in [1.82, 2.24) is 10.2 Å². The SMILES string of the molecule is COC(=O)C1=C(C)N(CC(C)C)C(=O)/C1=C\c1ccc(OCC(=O)N[C@H](C)c2ccccc2)cc1. The van der Waals surface area contributed by atoms with E-state index in [1.807, 2.05) is 51.1 Å². The molecule has 1 aliphatic heterocycles. The Labute approximate surface area is 206 Å². The second-order valence-corrected chi connectivity index (χ2v) is 8.88. The molecule has 7 nitrogen and oxygen atoms in total. The van der Waals surface area contributed by atoms with Gasteiger partial charge in [-0.05, 0) is 49.1 Å². The minimum absolute atomic E-state index is 0.116. The molecule has 184 valence electrons. The molecular weight excluding hydrogens is 444 g/mol. The number of ether oxygens (including phenoxy) is 2. The molecule has 7 heteroatoms. The maximum Gasteiger partial charge on any atom is 0.340 e. The van der Waals surface area contributed by atoms with Crippen LogP contribution in [0.3, 0.4) is 0 Å². The van der Waals surface area contributed by atoms with Gasteiger partial charge in [0, 0.05) is 12.2 Å². The van der Waals surface area contributed by atoms with Crippen molar-refractivity contribution in [1.29, 1.82) is 0 Å². The van der Waals surface area contributed by atoms with E-state index in [4.69, 9.17) is 9.47 Å². The molecule has 1 heterocycles. The molecule has 2 amide bonds. The number of benzene rings is 2. The number of allylic oxidation sites excluding steroid dienone is 1. The van der Waals surface area contributed by atoms with Crippen molar-refractivity contribution in [3.63, 3.8) is 0 Å². The van der Waals surface area contributed by atoms with E-state index in [1.165, 1.54) is 7.11 Å². The van der Waals surface area contributed by atoms with Gasteiger partial charge >= 0.3 is 5.97 Å². The standard InChI is InChI=1S/C28H32N2O5/c1-18(2)16-30-20(4)26(28(33)34-5)24(27(30)32)15-21-11-13-23(14-12-21)35-17-25(31)29-19(3)22-9-7-6-8-10-22/h6-15,18-19H,16-17H2,1-5H3,(H,29,31)/b24-15-/t19-/m1/s1. The summed E-state index contributed by atoms with van der Waals surface area (Å²) in [6, 6.07) is 16.6. The van der Waals surface area contributed by atoms with E-state index in [9.17, 15) is 14.4 Å². The number of methoxy groups -OCH3 is 1. The number of esters is 1. The Bertz CT molecular complexity index is 1130. The van der Waals surface area contributed by atoms with Gasteiger partial charge < -0.3 is 19.7 Å². The lowest BCUT2D eigenvalue weighted by Gasteiger charge is -2.19. The van der Waals surface area contributed by atoms with Gasteiger partial charge in [-0.1, -0.05) is 56.3 Å². The lowest BCUT2D eigenvalue weighted by atomic mass is 10.0. The van der Waals surface area contributed by atoms with E-state index < -0.39 is 5.97 Å². The van der Waals surface area contributed by atoms with Crippen molar-refractivity contribution >= 4 is 23.9 Å². The maximum absolute atomic E-state index is 13.1.